The Labute approximate surface area is 142 Å². The first-order valence-electron chi connectivity index (χ1n) is 7.94. The van der Waals surface area contributed by atoms with Gasteiger partial charge in [0.15, 0.2) is 0 Å². The lowest BCUT2D eigenvalue weighted by Crippen LogP contribution is -2.44. The van der Waals surface area contributed by atoms with Gasteiger partial charge in [0.2, 0.25) is 0 Å². The first-order valence-corrected chi connectivity index (χ1v) is 7.94. The fourth-order valence-electron chi connectivity index (χ4n) is 3.06. The Balaban J connectivity index is 1.82. The van der Waals surface area contributed by atoms with Crippen molar-refractivity contribution in [1.82, 2.24) is 14.7 Å². The van der Waals surface area contributed by atoms with Crippen molar-refractivity contribution >= 4 is 5.91 Å². The van der Waals surface area contributed by atoms with Gasteiger partial charge in [0.05, 0.1) is 29.1 Å². The largest absolute Gasteiger partial charge is 0.393 e. The highest BCUT2D eigenvalue weighted by molar-refractivity contribution is 5.95. The van der Waals surface area contributed by atoms with Gasteiger partial charge in [-0.3, -0.25) is 4.79 Å². The first-order chi connectivity index (χ1) is 11.8. The zero-order valence-electron chi connectivity index (χ0n) is 13.6. The summed E-state index contributed by atoms with van der Waals surface area (Å²) < 4.78 is 53.3. The second-order valence-electron chi connectivity index (χ2n) is 6.16. The molecular formula is C17H17F4N3O. The van der Waals surface area contributed by atoms with E-state index < -0.39 is 23.8 Å². The van der Waals surface area contributed by atoms with Crippen molar-refractivity contribution in [1.29, 1.82) is 0 Å². The average molecular weight is 355 g/mol. The standard InChI is InChI=1S/C17H17F4N3O/c1-11-15(9-22-24(11)14-6-4-13(18)5-7-14)16(25)23-8-2-3-12(10-23)17(19,20)21/h4-7,9,12H,2-3,8,10H2,1H3/t12-/m0/s1. The monoisotopic (exact) mass is 355 g/mol. The lowest BCUT2D eigenvalue weighted by atomic mass is 9.97. The minimum Gasteiger partial charge on any atom is -0.338 e. The molecule has 0 spiro atoms. The van der Waals surface area contributed by atoms with Gasteiger partial charge in [-0.25, -0.2) is 9.07 Å². The molecule has 1 fully saturated rings. The fraction of sp³-hybridized carbons (Fsp3) is 0.412. The van der Waals surface area contributed by atoms with Crippen molar-refractivity contribution in [3.63, 3.8) is 0 Å². The summed E-state index contributed by atoms with van der Waals surface area (Å²) in [5, 5.41) is 4.12. The number of halogens is 4. The number of piperidine rings is 1. The van der Waals surface area contributed by atoms with Gasteiger partial charge in [0.25, 0.3) is 5.91 Å². The molecule has 8 heteroatoms. The van der Waals surface area contributed by atoms with E-state index in [9.17, 15) is 22.4 Å². The third kappa shape index (κ3) is 3.52. The van der Waals surface area contributed by atoms with Crippen LogP contribution < -0.4 is 0 Å². The lowest BCUT2D eigenvalue weighted by Gasteiger charge is -2.33. The van der Waals surface area contributed by atoms with Crippen LogP contribution in [0.15, 0.2) is 30.5 Å². The zero-order chi connectivity index (χ0) is 18.2. The minimum atomic E-state index is -4.30. The molecule has 134 valence electrons. The minimum absolute atomic E-state index is 0.0428. The zero-order valence-corrected chi connectivity index (χ0v) is 13.6. The summed E-state index contributed by atoms with van der Waals surface area (Å²) >= 11 is 0. The fourth-order valence-corrected chi connectivity index (χ4v) is 3.06. The molecule has 1 aromatic heterocycles. The number of carbonyl (C=O) groups is 1. The molecule has 2 aromatic rings. The van der Waals surface area contributed by atoms with E-state index in [1.165, 1.54) is 40.0 Å². The van der Waals surface area contributed by atoms with E-state index in [1.807, 2.05) is 0 Å². The van der Waals surface area contributed by atoms with Gasteiger partial charge in [0, 0.05) is 13.1 Å². The summed E-state index contributed by atoms with van der Waals surface area (Å²) in [6.45, 7) is 1.63. The summed E-state index contributed by atoms with van der Waals surface area (Å²) in [5.74, 6) is -2.34. The highest BCUT2D eigenvalue weighted by Gasteiger charge is 2.43. The summed E-state index contributed by atoms with van der Waals surface area (Å²) in [6.07, 6.45) is -2.59. The number of hydrogen-bond acceptors (Lipinski definition) is 2. The molecule has 1 aliphatic heterocycles. The number of hydrogen-bond donors (Lipinski definition) is 0. The van der Waals surface area contributed by atoms with Crippen LogP contribution in [0.1, 0.15) is 28.9 Å². The summed E-state index contributed by atoms with van der Waals surface area (Å²) in [7, 11) is 0. The van der Waals surface area contributed by atoms with Crippen LogP contribution in [0.4, 0.5) is 17.6 Å². The average Bonchev–Trinajstić information content (AvgIpc) is 2.96. The van der Waals surface area contributed by atoms with Crippen molar-refractivity contribution in [3.05, 3.63) is 47.5 Å². The Hall–Kier alpha value is -2.38. The predicted molar refractivity (Wildman–Crippen MR) is 82.9 cm³/mol. The summed E-state index contributed by atoms with van der Waals surface area (Å²) in [6, 6.07) is 5.58. The van der Waals surface area contributed by atoms with Crippen LogP contribution in [-0.2, 0) is 0 Å². The number of benzene rings is 1. The molecule has 1 aliphatic rings. The number of amides is 1. The molecule has 1 saturated heterocycles. The second-order valence-corrected chi connectivity index (χ2v) is 6.16. The van der Waals surface area contributed by atoms with E-state index in [0.29, 0.717) is 24.3 Å². The Kier molecular flexibility index (Phi) is 4.53. The molecule has 4 nitrogen and oxygen atoms in total. The number of likely N-dealkylation sites (tertiary alicyclic amines) is 1. The molecule has 0 radical (unpaired) electrons. The molecule has 1 amide bonds. The van der Waals surface area contributed by atoms with Crippen LogP contribution in [0.5, 0.6) is 0 Å². The lowest BCUT2D eigenvalue weighted by molar-refractivity contribution is -0.184. The van der Waals surface area contributed by atoms with Crippen LogP contribution in [0.3, 0.4) is 0 Å². The van der Waals surface area contributed by atoms with E-state index >= 15 is 0 Å². The van der Waals surface area contributed by atoms with Crippen molar-refractivity contribution in [2.24, 2.45) is 5.92 Å². The molecule has 1 aromatic carbocycles. The molecule has 25 heavy (non-hydrogen) atoms. The van der Waals surface area contributed by atoms with Gasteiger partial charge in [-0.2, -0.15) is 18.3 Å². The van der Waals surface area contributed by atoms with Crippen LogP contribution >= 0.6 is 0 Å². The number of carbonyl (C=O) groups excluding carboxylic acids is 1. The topological polar surface area (TPSA) is 38.1 Å². The SMILES string of the molecule is Cc1c(C(=O)N2CCC[C@H](C(F)(F)F)C2)cnn1-c1ccc(F)cc1. The second kappa shape index (κ2) is 6.50. The quantitative estimate of drug-likeness (QED) is 0.770. The predicted octanol–water partition coefficient (Wildman–Crippen LogP) is 3.73. The number of aromatic nitrogens is 2. The van der Waals surface area contributed by atoms with Crippen molar-refractivity contribution in [2.45, 2.75) is 25.9 Å². The maximum atomic E-state index is 13.0. The highest BCUT2D eigenvalue weighted by atomic mass is 19.4. The van der Waals surface area contributed by atoms with Crippen molar-refractivity contribution in [3.8, 4) is 5.69 Å². The molecule has 2 heterocycles. The third-order valence-corrected chi connectivity index (χ3v) is 4.48. The Morgan fingerprint density at radius 2 is 1.92 bits per heavy atom. The van der Waals surface area contributed by atoms with Gasteiger partial charge >= 0.3 is 6.18 Å². The number of alkyl halides is 3. The third-order valence-electron chi connectivity index (χ3n) is 4.48. The van der Waals surface area contributed by atoms with Crippen molar-refractivity contribution in [2.75, 3.05) is 13.1 Å². The normalized spacial score (nSPS) is 18.4. The molecule has 0 N–H and O–H groups in total. The maximum absolute atomic E-state index is 13.0. The van der Waals surface area contributed by atoms with Crippen molar-refractivity contribution < 1.29 is 22.4 Å². The van der Waals surface area contributed by atoms with Crippen LogP contribution in [0.2, 0.25) is 0 Å². The number of nitrogens with zero attached hydrogens (tertiary/aromatic N) is 3. The van der Waals surface area contributed by atoms with Crippen LogP contribution in [-0.4, -0.2) is 39.9 Å². The number of rotatable bonds is 2. The van der Waals surface area contributed by atoms with Gasteiger partial charge in [-0.15, -0.1) is 0 Å². The molecule has 1 atom stereocenters. The van der Waals surface area contributed by atoms with Gasteiger partial charge in [-0.05, 0) is 44.0 Å². The van der Waals surface area contributed by atoms with E-state index in [-0.39, 0.29) is 18.5 Å². The van der Waals surface area contributed by atoms with E-state index in [0.717, 1.165) is 0 Å². The summed E-state index contributed by atoms with van der Waals surface area (Å²) in [5.41, 5.74) is 1.34. The molecule has 3 rings (SSSR count). The van der Waals surface area contributed by atoms with E-state index in [1.54, 1.807) is 6.92 Å². The Morgan fingerprint density at radius 1 is 1.24 bits per heavy atom. The molecule has 0 bridgehead atoms. The molecule has 0 aliphatic carbocycles. The molecule has 0 saturated carbocycles. The first kappa shape index (κ1) is 17.4. The Bertz CT molecular complexity index is 767. The highest BCUT2D eigenvalue weighted by Crippen LogP contribution is 2.33. The summed E-state index contributed by atoms with van der Waals surface area (Å²) in [4.78, 5) is 13.9. The maximum Gasteiger partial charge on any atom is 0.393 e. The van der Waals surface area contributed by atoms with E-state index in [2.05, 4.69) is 5.10 Å². The van der Waals surface area contributed by atoms with Crippen LogP contribution in [0.25, 0.3) is 5.69 Å². The van der Waals surface area contributed by atoms with Gasteiger partial charge < -0.3 is 4.90 Å². The molecular weight excluding hydrogens is 338 g/mol. The van der Waals surface area contributed by atoms with E-state index in [4.69, 9.17) is 0 Å². The smallest absolute Gasteiger partial charge is 0.338 e. The Morgan fingerprint density at radius 3 is 2.56 bits per heavy atom. The van der Waals surface area contributed by atoms with Crippen LogP contribution in [0, 0.1) is 18.7 Å². The van der Waals surface area contributed by atoms with Gasteiger partial charge in [-0.1, -0.05) is 0 Å². The molecule has 0 unspecified atom stereocenters. The van der Waals surface area contributed by atoms with Gasteiger partial charge in [0.1, 0.15) is 5.82 Å².